The summed E-state index contributed by atoms with van der Waals surface area (Å²) in [5.74, 6) is 0.366. The van der Waals surface area contributed by atoms with E-state index in [-0.39, 0.29) is 18.6 Å². The van der Waals surface area contributed by atoms with E-state index in [4.69, 9.17) is 13.9 Å². The van der Waals surface area contributed by atoms with E-state index in [2.05, 4.69) is 22.0 Å². The monoisotopic (exact) mass is 257 g/mol. The second-order valence-corrected chi connectivity index (χ2v) is 4.21. The zero-order valence-corrected chi connectivity index (χ0v) is 11.2. The van der Waals surface area contributed by atoms with Crippen LogP contribution in [0.15, 0.2) is 12.4 Å². The van der Waals surface area contributed by atoms with Crippen molar-refractivity contribution in [2.75, 3.05) is 11.8 Å². The number of imidazole rings is 1. The molecular weight excluding hydrogens is 240 g/mol. The molecule has 0 saturated carbocycles. The molecule has 0 bridgehead atoms. The summed E-state index contributed by atoms with van der Waals surface area (Å²) >= 11 is 0. The molecule has 0 unspecified atom stereocenters. The van der Waals surface area contributed by atoms with E-state index in [9.17, 15) is 0 Å². The van der Waals surface area contributed by atoms with Gasteiger partial charge in [-0.1, -0.05) is 13.3 Å². The number of ether oxygens (including phenoxy) is 1. The fourth-order valence-electron chi connectivity index (χ4n) is 1.73. The van der Waals surface area contributed by atoms with Crippen LogP contribution in [0.5, 0.6) is 6.01 Å². The van der Waals surface area contributed by atoms with Gasteiger partial charge >= 0.3 is 6.01 Å². The Kier molecular flexibility index (Phi) is 4.18. The van der Waals surface area contributed by atoms with Crippen LogP contribution in [-0.4, -0.2) is 47.0 Å². The minimum atomic E-state index is 0.0223. The number of nitrogens with zero attached hydrogens (tertiary/aromatic N) is 4. The van der Waals surface area contributed by atoms with Crippen molar-refractivity contribution in [3.8, 4) is 6.01 Å². The van der Waals surface area contributed by atoms with Gasteiger partial charge in [-0.25, -0.2) is 9.50 Å². The van der Waals surface area contributed by atoms with Crippen LogP contribution < -0.4 is 10.0 Å². The third kappa shape index (κ3) is 3.39. The molecule has 6 nitrogen and oxygen atoms in total. The zero-order valence-electron chi connectivity index (χ0n) is 12.2. The van der Waals surface area contributed by atoms with Crippen LogP contribution in [0.4, 0.5) is 5.82 Å². The molecule has 1 N–H and O–H groups in total. The Balaban J connectivity index is 2.32. The van der Waals surface area contributed by atoms with Crippen molar-refractivity contribution in [3.05, 3.63) is 12.4 Å². The summed E-state index contributed by atoms with van der Waals surface area (Å²) in [6, 6.07) is 0.237. The Morgan fingerprint density at radius 2 is 2.53 bits per heavy atom. The van der Waals surface area contributed by atoms with E-state index in [1.807, 2.05) is 6.92 Å². The van der Waals surface area contributed by atoms with Crippen LogP contribution in [0.25, 0.3) is 5.65 Å². The smallest absolute Gasteiger partial charge is 0.336 e. The van der Waals surface area contributed by atoms with Crippen LogP contribution in [0.1, 0.15) is 26.7 Å². The average molecular weight is 257 g/mol. The molecule has 0 amide bonds. The highest BCUT2D eigenvalue weighted by molar-refractivity contribution is 6.89. The topological polar surface area (TPSA) is 64.3 Å². The van der Waals surface area contributed by atoms with Gasteiger partial charge in [0.2, 0.25) is 0 Å². The maximum Gasteiger partial charge on any atom is 0.336 e. The fourth-order valence-corrected chi connectivity index (χ4v) is 1.73. The summed E-state index contributed by atoms with van der Waals surface area (Å²) in [6.45, 7) is 4.06. The molecular formula is C11H16B2N5O. The highest BCUT2D eigenvalue weighted by atomic mass is 16.5. The summed E-state index contributed by atoms with van der Waals surface area (Å²) in [6.07, 6.45) is 5.50. The molecule has 19 heavy (non-hydrogen) atoms. The first-order valence-corrected chi connectivity index (χ1v) is 6.33. The molecule has 0 fully saturated rings. The number of rotatable bonds is 7. The standard InChI is InChI=1S/C11H16B2N5O/c1-3-4-8(2)19-11-16-9(15-7-13-12)10-14-5-6-18(10)17-11/h5-6,8H,3-4,7H2,1-2H3,(H,15,16,17)/t8-/m0/s1/i/hD. The van der Waals surface area contributed by atoms with Crippen LogP contribution >= 0.6 is 0 Å². The van der Waals surface area contributed by atoms with Gasteiger partial charge in [0.15, 0.2) is 12.9 Å². The lowest BCUT2D eigenvalue weighted by atomic mass is 9.56. The molecule has 8 heteroatoms. The molecule has 0 aliphatic carbocycles. The summed E-state index contributed by atoms with van der Waals surface area (Å²) < 4.78 is 15.1. The van der Waals surface area contributed by atoms with Crippen LogP contribution in [0, 0.1) is 0 Å². The molecule has 2 aromatic rings. The highest BCUT2D eigenvalue weighted by Gasteiger charge is 2.11. The van der Waals surface area contributed by atoms with Crippen LogP contribution in [-0.2, 0) is 0 Å². The van der Waals surface area contributed by atoms with Crippen LogP contribution in [0.2, 0.25) is 1.41 Å². The van der Waals surface area contributed by atoms with Gasteiger partial charge in [-0.15, -0.1) is 5.10 Å². The third-order valence-corrected chi connectivity index (χ3v) is 2.56. The Hall–Kier alpha value is -1.72. The molecule has 0 aliphatic rings. The lowest BCUT2D eigenvalue weighted by Crippen LogP contribution is -2.17. The van der Waals surface area contributed by atoms with Gasteiger partial charge in [0.05, 0.1) is 13.3 Å². The lowest BCUT2D eigenvalue weighted by molar-refractivity contribution is 0.189. The highest BCUT2D eigenvalue weighted by Crippen LogP contribution is 2.16. The molecule has 0 aromatic carbocycles. The summed E-state index contributed by atoms with van der Waals surface area (Å²) in [5.41, 5.74) is 0.498. The van der Waals surface area contributed by atoms with Crippen molar-refractivity contribution in [2.24, 2.45) is 0 Å². The van der Waals surface area contributed by atoms with E-state index in [1.165, 1.54) is 7.17 Å². The number of aromatic nitrogens is 4. The average Bonchev–Trinajstić information content (AvgIpc) is 2.86. The summed E-state index contributed by atoms with van der Waals surface area (Å²) in [5, 5.41) is 5.38. The van der Waals surface area contributed by atoms with Gasteiger partial charge in [-0.05, 0) is 19.8 Å². The maximum absolute atomic E-state index is 7.92. The second-order valence-electron chi connectivity index (χ2n) is 4.21. The van der Waals surface area contributed by atoms with Crippen molar-refractivity contribution < 1.29 is 6.15 Å². The molecule has 0 saturated heterocycles. The van der Waals surface area contributed by atoms with Gasteiger partial charge in [0.25, 0.3) is 0 Å². The maximum atomic E-state index is 7.92. The first-order valence-electron chi connectivity index (χ1n) is 6.78. The number of anilines is 1. The molecule has 2 heterocycles. The Labute approximate surface area is 116 Å². The van der Waals surface area contributed by atoms with Crippen molar-refractivity contribution >= 4 is 26.4 Å². The molecule has 2 rings (SSSR count). The van der Waals surface area contributed by atoms with E-state index < -0.39 is 0 Å². The normalized spacial score (nSPS) is 13.1. The molecule has 0 aliphatic heterocycles. The van der Waals surface area contributed by atoms with Gasteiger partial charge in [0, 0.05) is 20.1 Å². The first kappa shape index (κ1) is 12.3. The molecule has 1 atom stereocenters. The first-order chi connectivity index (χ1) is 9.65. The fraction of sp³-hybridized carbons (Fsp3) is 0.545. The Morgan fingerprint density at radius 3 is 3.26 bits per heavy atom. The van der Waals surface area contributed by atoms with Crippen molar-refractivity contribution in [1.82, 2.24) is 19.6 Å². The minimum absolute atomic E-state index is 0.0223. The Morgan fingerprint density at radius 1 is 1.68 bits per heavy atom. The van der Waals surface area contributed by atoms with Crippen molar-refractivity contribution in [2.45, 2.75) is 32.8 Å². The number of hydrogen-bond acceptors (Lipinski definition) is 5. The van der Waals surface area contributed by atoms with Gasteiger partial charge in [-0.3, -0.25) is 0 Å². The van der Waals surface area contributed by atoms with E-state index in [0.717, 1.165) is 18.2 Å². The molecule has 0 spiro atoms. The van der Waals surface area contributed by atoms with E-state index >= 15 is 0 Å². The quantitative estimate of drug-likeness (QED) is 0.745. The number of fused-ring (bicyclic) bond motifs is 1. The van der Waals surface area contributed by atoms with Crippen molar-refractivity contribution in [1.29, 1.82) is 0 Å². The van der Waals surface area contributed by atoms with Gasteiger partial charge in [-0.2, -0.15) is 4.98 Å². The predicted molar refractivity (Wildman–Crippen MR) is 75.8 cm³/mol. The summed E-state index contributed by atoms with van der Waals surface area (Å²) in [7, 11) is 6.74. The molecule has 3 radical (unpaired) electrons. The third-order valence-electron chi connectivity index (χ3n) is 2.56. The predicted octanol–water partition coefficient (Wildman–Crippen LogP) is 0.849. The molecule has 97 valence electrons. The van der Waals surface area contributed by atoms with E-state index in [0.29, 0.717) is 11.5 Å². The number of hydrogen-bond donors (Lipinski definition) is 1. The second kappa shape index (κ2) is 6.45. The largest absolute Gasteiger partial charge is 0.459 e. The van der Waals surface area contributed by atoms with Gasteiger partial charge in [0.1, 0.15) is 0 Å². The van der Waals surface area contributed by atoms with Gasteiger partial charge < -0.3 is 10.0 Å². The van der Waals surface area contributed by atoms with Crippen LogP contribution in [0.3, 0.4) is 0 Å². The SMILES string of the molecule is [2H]N(C[B][B])c1nc(O[C@@H](C)CCC)nn2ccnc12. The Bertz CT molecular complexity index is 567. The lowest BCUT2D eigenvalue weighted by Gasteiger charge is -2.13. The minimum Gasteiger partial charge on any atom is -0.459 e. The van der Waals surface area contributed by atoms with E-state index in [1.54, 1.807) is 16.9 Å². The number of nitrogens with one attached hydrogen (secondary N) is 1. The van der Waals surface area contributed by atoms with Crippen molar-refractivity contribution in [3.63, 3.8) is 0 Å². The zero-order chi connectivity index (χ0) is 14.5. The summed E-state index contributed by atoms with van der Waals surface area (Å²) in [4.78, 5) is 8.40. The molecule has 2 aromatic heterocycles.